The van der Waals surface area contributed by atoms with Crippen molar-refractivity contribution in [2.24, 2.45) is 11.8 Å². The van der Waals surface area contributed by atoms with Gasteiger partial charge in [-0.25, -0.2) is 0 Å². The molecule has 0 spiro atoms. The molecule has 2 aliphatic carbocycles. The quantitative estimate of drug-likeness (QED) is 0.479. The molecule has 4 nitrogen and oxygen atoms in total. The topological polar surface area (TPSA) is 55.4 Å². The second-order valence-electron chi connectivity index (χ2n) is 5.69. The molecule has 1 aromatic carbocycles. The van der Waals surface area contributed by atoms with Crippen LogP contribution in [-0.2, 0) is 20.7 Å². The lowest BCUT2D eigenvalue weighted by Crippen LogP contribution is -2.35. The van der Waals surface area contributed by atoms with E-state index in [1.807, 2.05) is 28.7 Å². The summed E-state index contributed by atoms with van der Waals surface area (Å²) < 4.78 is 4.33. The predicted molar refractivity (Wildman–Crippen MR) is 87.3 cm³/mol. The Kier molecular flexibility index (Phi) is 4.19. The number of alkyl halides is 1. The fourth-order valence-electron chi connectivity index (χ4n) is 3.44. The van der Waals surface area contributed by atoms with Crippen LogP contribution in [0.25, 0.3) is 0 Å². The average Bonchev–Trinajstić information content (AvgIpc) is 3.26. The van der Waals surface area contributed by atoms with E-state index in [0.29, 0.717) is 18.4 Å². The van der Waals surface area contributed by atoms with Gasteiger partial charge in [0.1, 0.15) is 3.92 Å². The number of esters is 1. The minimum absolute atomic E-state index is 0.0762. The molecule has 4 unspecified atom stereocenters. The van der Waals surface area contributed by atoms with Crippen molar-refractivity contribution in [2.75, 3.05) is 13.7 Å². The fraction of sp³-hybridized carbons (Fsp3) is 0.500. The van der Waals surface area contributed by atoms with Gasteiger partial charge in [0, 0.05) is 12.5 Å². The fourth-order valence-corrected chi connectivity index (χ4v) is 3.92. The zero-order chi connectivity index (χ0) is 15.0. The summed E-state index contributed by atoms with van der Waals surface area (Å²) in [6.45, 7) is 0.337. The highest BCUT2D eigenvalue weighted by atomic mass is 127. The highest BCUT2D eigenvalue weighted by molar-refractivity contribution is 14.1. The molecule has 1 fully saturated rings. The number of amides is 1. The maximum Gasteiger partial charge on any atom is 0.320 e. The molecule has 1 amide bonds. The second kappa shape index (κ2) is 5.94. The number of rotatable bonds is 4. The van der Waals surface area contributed by atoms with Crippen molar-refractivity contribution in [2.45, 2.75) is 22.7 Å². The van der Waals surface area contributed by atoms with E-state index in [-0.39, 0.29) is 21.7 Å². The molecule has 1 saturated carbocycles. The zero-order valence-electron chi connectivity index (χ0n) is 11.8. The maximum atomic E-state index is 12.3. The van der Waals surface area contributed by atoms with E-state index in [9.17, 15) is 9.59 Å². The summed E-state index contributed by atoms with van der Waals surface area (Å²) in [5, 5.41) is 2.90. The highest BCUT2D eigenvalue weighted by Gasteiger charge is 2.56. The second-order valence-corrected chi connectivity index (χ2v) is 7.19. The normalized spacial score (nSPS) is 27.0. The number of carbonyl (C=O) groups excluding carboxylic acids is 2. The Morgan fingerprint density at radius 3 is 2.95 bits per heavy atom. The SMILES string of the molecule is COC(=O)C(I)CNC(=O)C1C2CCc3ccccc3C21. The predicted octanol–water partition coefficient (Wildman–Crippen LogP) is 2.06. The molecule has 1 aromatic rings. The van der Waals surface area contributed by atoms with Crippen LogP contribution in [0, 0.1) is 11.8 Å². The number of methoxy groups -OCH3 is 1. The van der Waals surface area contributed by atoms with Gasteiger partial charge in [-0.05, 0) is 35.8 Å². The Morgan fingerprint density at radius 1 is 1.43 bits per heavy atom. The van der Waals surface area contributed by atoms with E-state index in [2.05, 4.69) is 28.3 Å². The number of hydrogen-bond donors (Lipinski definition) is 1. The first-order chi connectivity index (χ1) is 10.1. The van der Waals surface area contributed by atoms with Crippen LogP contribution in [0.15, 0.2) is 24.3 Å². The standard InChI is InChI=1S/C16H18INO3/c1-21-16(20)12(17)8-18-15(19)14-11-7-6-9-4-2-3-5-10(9)13(11)14/h2-5,11-14H,6-8H2,1H3,(H,18,19). The molecule has 0 heterocycles. The molecule has 112 valence electrons. The minimum atomic E-state index is -0.329. The summed E-state index contributed by atoms with van der Waals surface area (Å²) in [6.07, 6.45) is 2.16. The van der Waals surface area contributed by atoms with Crippen LogP contribution >= 0.6 is 22.6 Å². The van der Waals surface area contributed by atoms with Gasteiger partial charge < -0.3 is 10.1 Å². The van der Waals surface area contributed by atoms with Crippen molar-refractivity contribution in [3.8, 4) is 0 Å². The summed E-state index contributed by atoms with van der Waals surface area (Å²) in [4.78, 5) is 23.7. The molecule has 1 N–H and O–H groups in total. The minimum Gasteiger partial charge on any atom is -0.468 e. The Morgan fingerprint density at radius 2 is 2.19 bits per heavy atom. The van der Waals surface area contributed by atoms with Crippen LogP contribution in [0.4, 0.5) is 0 Å². The van der Waals surface area contributed by atoms with Crippen LogP contribution in [-0.4, -0.2) is 29.5 Å². The molecule has 0 aromatic heterocycles. The molecular weight excluding hydrogens is 381 g/mol. The molecule has 4 atom stereocenters. The van der Waals surface area contributed by atoms with Gasteiger partial charge in [-0.1, -0.05) is 46.9 Å². The van der Waals surface area contributed by atoms with Crippen LogP contribution in [0.5, 0.6) is 0 Å². The van der Waals surface area contributed by atoms with Gasteiger partial charge in [0.05, 0.1) is 7.11 Å². The lowest BCUT2D eigenvalue weighted by molar-refractivity contribution is -0.139. The van der Waals surface area contributed by atoms with E-state index in [1.165, 1.54) is 18.2 Å². The molecule has 3 rings (SSSR count). The van der Waals surface area contributed by atoms with Crippen molar-refractivity contribution in [3.63, 3.8) is 0 Å². The van der Waals surface area contributed by atoms with E-state index in [4.69, 9.17) is 0 Å². The van der Waals surface area contributed by atoms with Gasteiger partial charge in [0.2, 0.25) is 5.91 Å². The van der Waals surface area contributed by atoms with Crippen molar-refractivity contribution < 1.29 is 14.3 Å². The lowest BCUT2D eigenvalue weighted by Gasteiger charge is -2.13. The van der Waals surface area contributed by atoms with Crippen LogP contribution < -0.4 is 5.32 Å². The monoisotopic (exact) mass is 399 g/mol. The van der Waals surface area contributed by atoms with E-state index >= 15 is 0 Å². The number of fused-ring (bicyclic) bond motifs is 3. The van der Waals surface area contributed by atoms with Crippen LogP contribution in [0.2, 0.25) is 0 Å². The third-order valence-corrected chi connectivity index (χ3v) is 5.49. The number of nitrogens with one attached hydrogen (secondary N) is 1. The highest BCUT2D eigenvalue weighted by Crippen LogP contribution is 2.59. The Balaban J connectivity index is 1.60. The van der Waals surface area contributed by atoms with Gasteiger partial charge in [0.25, 0.3) is 0 Å². The molecule has 2 aliphatic rings. The largest absolute Gasteiger partial charge is 0.468 e. The van der Waals surface area contributed by atoms with E-state index < -0.39 is 0 Å². The number of benzene rings is 1. The third-order valence-electron chi connectivity index (χ3n) is 4.54. The molecule has 0 saturated heterocycles. The first-order valence-corrected chi connectivity index (χ1v) is 8.45. The van der Waals surface area contributed by atoms with Gasteiger partial charge in [-0.3, -0.25) is 9.59 Å². The number of ether oxygens (including phenoxy) is 1. The van der Waals surface area contributed by atoms with Crippen molar-refractivity contribution in [1.82, 2.24) is 5.32 Å². The van der Waals surface area contributed by atoms with Gasteiger partial charge >= 0.3 is 5.97 Å². The summed E-state index contributed by atoms with van der Waals surface area (Å²) in [7, 11) is 1.36. The molecule has 0 radical (unpaired) electrons. The zero-order valence-corrected chi connectivity index (χ0v) is 14.0. The van der Waals surface area contributed by atoms with E-state index in [1.54, 1.807) is 0 Å². The van der Waals surface area contributed by atoms with Crippen molar-refractivity contribution >= 4 is 34.5 Å². The number of hydrogen-bond acceptors (Lipinski definition) is 3. The Labute approximate surface area is 137 Å². The first kappa shape index (κ1) is 14.8. The smallest absolute Gasteiger partial charge is 0.320 e. The molecular formula is C16H18INO3. The molecule has 5 heteroatoms. The van der Waals surface area contributed by atoms with Gasteiger partial charge in [-0.2, -0.15) is 0 Å². The third kappa shape index (κ3) is 2.80. The van der Waals surface area contributed by atoms with Gasteiger partial charge in [-0.15, -0.1) is 0 Å². The van der Waals surface area contributed by atoms with Crippen LogP contribution in [0.3, 0.4) is 0 Å². The first-order valence-electron chi connectivity index (χ1n) is 7.21. The summed E-state index contributed by atoms with van der Waals surface area (Å²) in [5.41, 5.74) is 2.73. The Bertz CT molecular complexity index is 574. The number of halogens is 1. The average molecular weight is 399 g/mol. The van der Waals surface area contributed by atoms with Crippen molar-refractivity contribution in [1.29, 1.82) is 0 Å². The van der Waals surface area contributed by atoms with Gasteiger partial charge in [0.15, 0.2) is 0 Å². The summed E-state index contributed by atoms with van der Waals surface area (Å²) >= 11 is 2.00. The summed E-state index contributed by atoms with van der Waals surface area (Å²) in [5.74, 6) is 0.711. The molecule has 21 heavy (non-hydrogen) atoms. The van der Waals surface area contributed by atoms with Crippen molar-refractivity contribution in [3.05, 3.63) is 35.4 Å². The summed E-state index contributed by atoms with van der Waals surface area (Å²) in [6, 6.07) is 8.42. The maximum absolute atomic E-state index is 12.3. The molecule has 0 bridgehead atoms. The molecule has 0 aliphatic heterocycles. The van der Waals surface area contributed by atoms with E-state index in [0.717, 1.165) is 12.8 Å². The number of carbonyl (C=O) groups is 2. The Hall–Kier alpha value is -1.11. The van der Waals surface area contributed by atoms with Crippen LogP contribution in [0.1, 0.15) is 23.5 Å². The number of aryl methyl sites for hydroxylation is 1. The lowest BCUT2D eigenvalue weighted by atomic mass is 9.92.